The molecule has 14 heavy (non-hydrogen) atoms. The van der Waals surface area contributed by atoms with E-state index in [9.17, 15) is 0 Å². The smallest absolute Gasteiger partial charge is 0.202 e. The van der Waals surface area contributed by atoms with Gasteiger partial charge in [0.2, 0.25) is 5.95 Å². The molecule has 2 rings (SSSR count). The lowest BCUT2D eigenvalue weighted by Gasteiger charge is -2.04. The van der Waals surface area contributed by atoms with Gasteiger partial charge in [-0.05, 0) is 11.4 Å². The van der Waals surface area contributed by atoms with Gasteiger partial charge < -0.3 is 9.88 Å². The van der Waals surface area contributed by atoms with Gasteiger partial charge in [-0.1, -0.05) is 11.6 Å². The van der Waals surface area contributed by atoms with Crippen LogP contribution in [0.4, 0.5) is 5.95 Å². The number of nitrogens with one attached hydrogen (secondary N) is 1. The quantitative estimate of drug-likeness (QED) is 0.874. The molecular formula is C9H10ClN3S. The van der Waals surface area contributed by atoms with Gasteiger partial charge in [0.25, 0.3) is 0 Å². The first-order valence-electron chi connectivity index (χ1n) is 4.20. The van der Waals surface area contributed by atoms with Gasteiger partial charge in [0.05, 0.1) is 4.34 Å². The fourth-order valence-corrected chi connectivity index (χ4v) is 2.08. The summed E-state index contributed by atoms with van der Waals surface area (Å²) in [6.07, 6.45) is 3.66. The Bertz CT molecular complexity index is 381. The van der Waals surface area contributed by atoms with E-state index in [0.29, 0.717) is 6.54 Å². The van der Waals surface area contributed by atoms with Crippen molar-refractivity contribution >= 4 is 28.9 Å². The maximum absolute atomic E-state index is 5.97. The summed E-state index contributed by atoms with van der Waals surface area (Å²) in [5.74, 6) is 0.854. The first-order valence-corrected chi connectivity index (χ1v) is 5.46. The Balaban J connectivity index is 2.02. The van der Waals surface area contributed by atoms with Crippen LogP contribution in [0.1, 0.15) is 5.56 Å². The Morgan fingerprint density at radius 3 is 3.07 bits per heavy atom. The molecule has 74 valence electrons. The molecule has 0 spiro atoms. The van der Waals surface area contributed by atoms with Crippen LogP contribution < -0.4 is 5.32 Å². The van der Waals surface area contributed by atoms with Gasteiger partial charge in [-0.2, -0.15) is 0 Å². The molecule has 0 saturated heterocycles. The number of halogens is 1. The number of thiophene rings is 1. The topological polar surface area (TPSA) is 29.9 Å². The highest BCUT2D eigenvalue weighted by Crippen LogP contribution is 2.23. The van der Waals surface area contributed by atoms with Crippen LogP contribution in [0.25, 0.3) is 0 Å². The Morgan fingerprint density at radius 2 is 2.50 bits per heavy atom. The highest BCUT2D eigenvalue weighted by Gasteiger charge is 2.02. The summed E-state index contributed by atoms with van der Waals surface area (Å²) in [6, 6.07) is 2.02. The average Bonchev–Trinajstić information content (AvgIpc) is 2.72. The molecule has 0 amide bonds. The van der Waals surface area contributed by atoms with E-state index in [2.05, 4.69) is 10.3 Å². The summed E-state index contributed by atoms with van der Waals surface area (Å²) in [5, 5.41) is 5.19. The average molecular weight is 228 g/mol. The Labute approximate surface area is 91.4 Å². The Kier molecular flexibility index (Phi) is 2.74. The molecule has 0 radical (unpaired) electrons. The SMILES string of the molecule is Cn1ccnc1NCc1ccsc1Cl. The van der Waals surface area contributed by atoms with E-state index in [-0.39, 0.29) is 0 Å². The van der Waals surface area contributed by atoms with E-state index in [0.717, 1.165) is 15.8 Å². The first-order chi connectivity index (χ1) is 6.77. The molecule has 2 aromatic rings. The molecule has 0 aliphatic carbocycles. The number of imidazole rings is 1. The number of aryl methyl sites for hydroxylation is 1. The van der Waals surface area contributed by atoms with Gasteiger partial charge in [0, 0.05) is 31.5 Å². The Morgan fingerprint density at radius 1 is 1.64 bits per heavy atom. The van der Waals surface area contributed by atoms with E-state index in [1.807, 2.05) is 29.3 Å². The molecule has 0 saturated carbocycles. The predicted octanol–water partition coefficient (Wildman–Crippen LogP) is 2.75. The summed E-state index contributed by atoms with van der Waals surface area (Å²) in [6.45, 7) is 0.715. The lowest BCUT2D eigenvalue weighted by molar-refractivity contribution is 0.901. The number of aromatic nitrogens is 2. The van der Waals surface area contributed by atoms with Crippen molar-refractivity contribution in [2.24, 2.45) is 7.05 Å². The normalized spacial score (nSPS) is 10.4. The van der Waals surface area contributed by atoms with Crippen molar-refractivity contribution in [3.8, 4) is 0 Å². The number of nitrogens with zero attached hydrogens (tertiary/aromatic N) is 2. The summed E-state index contributed by atoms with van der Waals surface area (Å²) >= 11 is 7.52. The minimum Gasteiger partial charge on any atom is -0.352 e. The fraction of sp³-hybridized carbons (Fsp3) is 0.222. The molecule has 1 N–H and O–H groups in total. The monoisotopic (exact) mass is 227 g/mol. The third-order valence-corrected chi connectivity index (χ3v) is 3.20. The van der Waals surface area contributed by atoms with E-state index < -0.39 is 0 Å². The Hall–Kier alpha value is -1.00. The number of hydrogen-bond acceptors (Lipinski definition) is 3. The molecule has 0 atom stereocenters. The van der Waals surface area contributed by atoms with Crippen molar-refractivity contribution in [2.45, 2.75) is 6.54 Å². The highest BCUT2D eigenvalue weighted by atomic mass is 35.5. The lowest BCUT2D eigenvalue weighted by atomic mass is 10.3. The summed E-state index contributed by atoms with van der Waals surface area (Å²) in [4.78, 5) is 4.16. The van der Waals surface area contributed by atoms with Gasteiger partial charge in [0.1, 0.15) is 0 Å². The lowest BCUT2D eigenvalue weighted by Crippen LogP contribution is -2.04. The number of hydrogen-bond donors (Lipinski definition) is 1. The molecule has 0 aliphatic heterocycles. The maximum Gasteiger partial charge on any atom is 0.202 e. The summed E-state index contributed by atoms with van der Waals surface area (Å²) < 4.78 is 2.77. The zero-order chi connectivity index (χ0) is 9.97. The summed E-state index contributed by atoms with van der Waals surface area (Å²) in [5.41, 5.74) is 1.11. The van der Waals surface area contributed by atoms with Gasteiger partial charge in [-0.3, -0.25) is 0 Å². The minimum atomic E-state index is 0.715. The van der Waals surface area contributed by atoms with Crippen molar-refractivity contribution in [1.29, 1.82) is 0 Å². The fourth-order valence-electron chi connectivity index (χ4n) is 1.16. The number of rotatable bonds is 3. The van der Waals surface area contributed by atoms with Crippen LogP contribution in [0.3, 0.4) is 0 Å². The van der Waals surface area contributed by atoms with Gasteiger partial charge >= 0.3 is 0 Å². The minimum absolute atomic E-state index is 0.715. The summed E-state index contributed by atoms with van der Waals surface area (Å²) in [7, 11) is 1.95. The third kappa shape index (κ3) is 1.91. The predicted molar refractivity (Wildman–Crippen MR) is 59.9 cm³/mol. The van der Waals surface area contributed by atoms with Crippen molar-refractivity contribution in [3.05, 3.63) is 33.7 Å². The molecule has 0 aliphatic rings. The molecule has 5 heteroatoms. The van der Waals surface area contributed by atoms with Gasteiger partial charge in [-0.25, -0.2) is 4.98 Å². The van der Waals surface area contributed by atoms with E-state index in [1.165, 1.54) is 0 Å². The maximum atomic E-state index is 5.97. The molecule has 3 nitrogen and oxygen atoms in total. The molecule has 0 unspecified atom stereocenters. The second-order valence-corrected chi connectivity index (χ2v) is 4.45. The first kappa shape index (κ1) is 9.55. The number of anilines is 1. The van der Waals surface area contributed by atoms with Gasteiger partial charge in [0.15, 0.2) is 0 Å². The van der Waals surface area contributed by atoms with Crippen molar-refractivity contribution < 1.29 is 0 Å². The zero-order valence-corrected chi connectivity index (χ0v) is 9.27. The standard InChI is InChI=1S/C9H10ClN3S/c1-13-4-3-11-9(13)12-6-7-2-5-14-8(7)10/h2-5H,6H2,1H3,(H,11,12). The van der Waals surface area contributed by atoms with Crippen molar-refractivity contribution in [1.82, 2.24) is 9.55 Å². The second-order valence-electron chi connectivity index (χ2n) is 2.93. The van der Waals surface area contributed by atoms with Crippen LogP contribution in [0.5, 0.6) is 0 Å². The third-order valence-electron chi connectivity index (χ3n) is 1.95. The van der Waals surface area contributed by atoms with Crippen molar-refractivity contribution in [3.63, 3.8) is 0 Å². The molecule has 0 aromatic carbocycles. The van der Waals surface area contributed by atoms with Crippen LogP contribution in [0.15, 0.2) is 23.8 Å². The van der Waals surface area contributed by atoms with E-state index in [1.54, 1.807) is 17.5 Å². The molecular weight excluding hydrogens is 218 g/mol. The van der Waals surface area contributed by atoms with Crippen LogP contribution in [-0.4, -0.2) is 9.55 Å². The van der Waals surface area contributed by atoms with Crippen molar-refractivity contribution in [2.75, 3.05) is 5.32 Å². The van der Waals surface area contributed by atoms with E-state index in [4.69, 9.17) is 11.6 Å². The van der Waals surface area contributed by atoms with Crippen LogP contribution in [0, 0.1) is 0 Å². The van der Waals surface area contributed by atoms with Crippen LogP contribution >= 0.6 is 22.9 Å². The molecule has 2 aromatic heterocycles. The zero-order valence-electron chi connectivity index (χ0n) is 7.70. The van der Waals surface area contributed by atoms with Crippen LogP contribution in [-0.2, 0) is 13.6 Å². The largest absolute Gasteiger partial charge is 0.352 e. The van der Waals surface area contributed by atoms with E-state index >= 15 is 0 Å². The van der Waals surface area contributed by atoms with Crippen LogP contribution in [0.2, 0.25) is 4.34 Å². The molecule has 0 bridgehead atoms. The highest BCUT2D eigenvalue weighted by molar-refractivity contribution is 7.14. The van der Waals surface area contributed by atoms with Gasteiger partial charge in [-0.15, -0.1) is 11.3 Å². The second kappa shape index (κ2) is 4.02. The molecule has 0 fully saturated rings. The molecule has 2 heterocycles.